The monoisotopic (exact) mass is 275 g/mol. The normalized spacial score (nSPS) is 20.9. The van der Waals surface area contributed by atoms with Crippen LogP contribution in [0.5, 0.6) is 0 Å². The van der Waals surface area contributed by atoms with Crippen LogP contribution in [0.4, 0.5) is 8.78 Å². The Balaban J connectivity index is 2.16. The molecule has 0 radical (unpaired) electrons. The minimum Gasteiger partial charge on any atom is -0.313 e. The topological polar surface area (TPSA) is 46.2 Å². The lowest BCUT2D eigenvalue weighted by atomic mass is 10.1. The Morgan fingerprint density at radius 2 is 2.00 bits per heavy atom. The smallest absolute Gasteiger partial charge is 0.180 e. The molecule has 1 aromatic rings. The summed E-state index contributed by atoms with van der Waals surface area (Å²) in [6.07, 6.45) is 2.83. The lowest BCUT2D eigenvalue weighted by Crippen LogP contribution is -2.39. The van der Waals surface area contributed by atoms with Crippen molar-refractivity contribution in [2.24, 2.45) is 0 Å². The molecule has 0 bridgehead atoms. The molecule has 1 atom stereocenters. The lowest BCUT2D eigenvalue weighted by molar-refractivity contribution is 0.423. The van der Waals surface area contributed by atoms with Crippen molar-refractivity contribution in [2.45, 2.75) is 30.2 Å². The van der Waals surface area contributed by atoms with Crippen molar-refractivity contribution in [1.82, 2.24) is 5.32 Å². The first-order chi connectivity index (χ1) is 8.49. The van der Waals surface area contributed by atoms with Crippen molar-refractivity contribution < 1.29 is 17.2 Å². The molecule has 6 heteroatoms. The third-order valence-corrected chi connectivity index (χ3v) is 4.90. The van der Waals surface area contributed by atoms with E-state index in [9.17, 15) is 17.2 Å². The molecule has 18 heavy (non-hydrogen) atoms. The highest BCUT2D eigenvalue weighted by molar-refractivity contribution is 7.91. The van der Waals surface area contributed by atoms with Crippen LogP contribution in [0.2, 0.25) is 0 Å². The fraction of sp³-hybridized carbons (Fsp3) is 0.500. The summed E-state index contributed by atoms with van der Waals surface area (Å²) in [6, 6.07) is 2.59. The van der Waals surface area contributed by atoms with E-state index in [4.69, 9.17) is 0 Å². The summed E-state index contributed by atoms with van der Waals surface area (Å²) >= 11 is 0. The van der Waals surface area contributed by atoms with Crippen molar-refractivity contribution in [2.75, 3.05) is 12.3 Å². The Bertz CT molecular complexity index is 525. The molecule has 100 valence electrons. The van der Waals surface area contributed by atoms with Crippen LogP contribution in [0.25, 0.3) is 0 Å². The molecule has 1 aliphatic rings. The highest BCUT2D eigenvalue weighted by Crippen LogP contribution is 2.18. The van der Waals surface area contributed by atoms with Crippen molar-refractivity contribution in [3.8, 4) is 0 Å². The first-order valence-electron chi connectivity index (χ1n) is 5.90. The number of piperidine rings is 1. The van der Waals surface area contributed by atoms with Gasteiger partial charge in [-0.15, -0.1) is 0 Å². The van der Waals surface area contributed by atoms with Gasteiger partial charge < -0.3 is 5.32 Å². The fourth-order valence-electron chi connectivity index (χ4n) is 2.10. The molecule has 1 aliphatic heterocycles. The van der Waals surface area contributed by atoms with Crippen LogP contribution < -0.4 is 5.32 Å². The second kappa shape index (κ2) is 5.32. The first kappa shape index (κ1) is 13.4. The highest BCUT2D eigenvalue weighted by Gasteiger charge is 2.23. The van der Waals surface area contributed by atoms with Crippen LogP contribution in [0.15, 0.2) is 23.1 Å². The van der Waals surface area contributed by atoms with Crippen LogP contribution >= 0.6 is 0 Å². The molecule has 3 nitrogen and oxygen atoms in total. The molecule has 1 N–H and O–H groups in total. The van der Waals surface area contributed by atoms with Gasteiger partial charge in [0.1, 0.15) is 0 Å². The molecule has 1 unspecified atom stereocenters. The quantitative estimate of drug-likeness (QED) is 0.857. The van der Waals surface area contributed by atoms with Gasteiger partial charge in [-0.3, -0.25) is 0 Å². The van der Waals surface area contributed by atoms with Gasteiger partial charge in [-0.05, 0) is 37.6 Å². The molecule has 1 heterocycles. The van der Waals surface area contributed by atoms with E-state index in [1.54, 1.807) is 0 Å². The van der Waals surface area contributed by atoms with E-state index >= 15 is 0 Å². The standard InChI is InChI=1S/C12H15F2NO2S/c13-11-5-4-10(7-12(11)14)18(16,17)8-9-3-1-2-6-15-9/h4-5,7,9,15H,1-3,6,8H2. The first-order valence-corrected chi connectivity index (χ1v) is 7.55. The lowest BCUT2D eigenvalue weighted by Gasteiger charge is -2.23. The van der Waals surface area contributed by atoms with Crippen LogP contribution in [-0.4, -0.2) is 26.8 Å². The van der Waals surface area contributed by atoms with Gasteiger partial charge in [-0.2, -0.15) is 0 Å². The number of sulfone groups is 1. The molecular weight excluding hydrogens is 260 g/mol. The summed E-state index contributed by atoms with van der Waals surface area (Å²) < 4.78 is 49.9. The number of hydrogen-bond acceptors (Lipinski definition) is 3. The third kappa shape index (κ3) is 3.05. The molecule has 0 spiro atoms. The van der Waals surface area contributed by atoms with E-state index in [0.29, 0.717) is 0 Å². The highest BCUT2D eigenvalue weighted by atomic mass is 32.2. The Hall–Kier alpha value is -1.01. The van der Waals surface area contributed by atoms with E-state index < -0.39 is 21.5 Å². The zero-order valence-corrected chi connectivity index (χ0v) is 10.6. The summed E-state index contributed by atoms with van der Waals surface area (Å²) in [6.45, 7) is 0.804. The summed E-state index contributed by atoms with van der Waals surface area (Å²) in [5.74, 6) is -2.24. The van der Waals surface area contributed by atoms with Crippen molar-refractivity contribution in [1.29, 1.82) is 0 Å². The molecule has 0 amide bonds. The maximum Gasteiger partial charge on any atom is 0.180 e. The predicted molar refractivity (Wildman–Crippen MR) is 64.1 cm³/mol. The van der Waals surface area contributed by atoms with Crippen LogP contribution in [-0.2, 0) is 9.84 Å². The maximum absolute atomic E-state index is 13.0. The maximum atomic E-state index is 13.0. The van der Waals surface area contributed by atoms with Gasteiger partial charge >= 0.3 is 0 Å². The predicted octanol–water partition coefficient (Wildman–Crippen LogP) is 1.88. The number of halogens is 2. The Kier molecular flexibility index (Phi) is 3.97. The van der Waals surface area contributed by atoms with Gasteiger partial charge in [0.25, 0.3) is 0 Å². The van der Waals surface area contributed by atoms with Crippen molar-refractivity contribution in [3.63, 3.8) is 0 Å². The average Bonchev–Trinajstić information content (AvgIpc) is 2.33. The number of rotatable bonds is 3. The Morgan fingerprint density at radius 3 is 2.61 bits per heavy atom. The van der Waals surface area contributed by atoms with E-state index in [1.165, 1.54) is 0 Å². The van der Waals surface area contributed by atoms with E-state index in [-0.39, 0.29) is 16.7 Å². The summed E-state index contributed by atoms with van der Waals surface area (Å²) in [5, 5.41) is 3.12. The molecular formula is C12H15F2NO2S. The van der Waals surface area contributed by atoms with Gasteiger partial charge in [-0.1, -0.05) is 6.42 Å². The fourth-order valence-corrected chi connectivity index (χ4v) is 3.66. The Labute approximate surface area is 105 Å². The molecule has 1 aromatic carbocycles. The zero-order chi connectivity index (χ0) is 13.2. The minimum absolute atomic E-state index is 0.0714. The van der Waals surface area contributed by atoms with Crippen molar-refractivity contribution in [3.05, 3.63) is 29.8 Å². The second-order valence-electron chi connectivity index (χ2n) is 4.50. The van der Waals surface area contributed by atoms with Crippen molar-refractivity contribution >= 4 is 9.84 Å². The average molecular weight is 275 g/mol. The summed E-state index contributed by atoms with van der Waals surface area (Å²) in [5.41, 5.74) is 0. The van der Waals surface area contributed by atoms with E-state index in [1.807, 2.05) is 0 Å². The molecule has 1 fully saturated rings. The SMILES string of the molecule is O=S(=O)(CC1CCCCN1)c1ccc(F)c(F)c1. The molecule has 2 rings (SSSR count). The van der Waals surface area contributed by atoms with Gasteiger partial charge in [0, 0.05) is 6.04 Å². The number of hydrogen-bond donors (Lipinski definition) is 1. The molecule has 1 saturated heterocycles. The molecule has 0 aromatic heterocycles. The molecule has 0 aliphatic carbocycles. The Morgan fingerprint density at radius 1 is 1.22 bits per heavy atom. The molecule has 0 saturated carbocycles. The largest absolute Gasteiger partial charge is 0.313 e. The minimum atomic E-state index is -3.57. The summed E-state index contributed by atoms with van der Waals surface area (Å²) in [7, 11) is -3.57. The third-order valence-electron chi connectivity index (χ3n) is 3.08. The zero-order valence-electron chi connectivity index (χ0n) is 9.83. The van der Waals surface area contributed by atoms with Crippen LogP contribution in [0.1, 0.15) is 19.3 Å². The number of nitrogens with one attached hydrogen (secondary N) is 1. The number of benzene rings is 1. The van der Waals surface area contributed by atoms with Gasteiger partial charge in [0.05, 0.1) is 10.6 Å². The second-order valence-corrected chi connectivity index (χ2v) is 6.54. The van der Waals surface area contributed by atoms with E-state index in [2.05, 4.69) is 5.32 Å². The van der Waals surface area contributed by atoms with Crippen LogP contribution in [0.3, 0.4) is 0 Å². The van der Waals surface area contributed by atoms with Crippen LogP contribution in [0, 0.1) is 11.6 Å². The van der Waals surface area contributed by atoms with E-state index in [0.717, 1.165) is 44.0 Å². The van der Waals surface area contributed by atoms with Gasteiger partial charge in [0.15, 0.2) is 21.5 Å². The van der Waals surface area contributed by atoms with Gasteiger partial charge in [0.2, 0.25) is 0 Å². The van der Waals surface area contributed by atoms with Gasteiger partial charge in [-0.25, -0.2) is 17.2 Å². The summed E-state index contributed by atoms with van der Waals surface area (Å²) in [4.78, 5) is -0.159.